The van der Waals surface area contributed by atoms with E-state index in [1.54, 1.807) is 11.3 Å². The quantitative estimate of drug-likeness (QED) is 0.876. The maximum atomic E-state index is 9.85. The van der Waals surface area contributed by atoms with E-state index >= 15 is 0 Å². The topological polar surface area (TPSA) is 33.1 Å². The van der Waals surface area contributed by atoms with Gasteiger partial charge in [-0.3, -0.25) is 0 Å². The molecule has 0 aliphatic carbocycles. The van der Waals surface area contributed by atoms with Crippen molar-refractivity contribution in [2.24, 2.45) is 5.92 Å². The van der Waals surface area contributed by atoms with Gasteiger partial charge in [0, 0.05) is 17.2 Å². The summed E-state index contributed by atoms with van der Waals surface area (Å²) in [6.45, 7) is 10.8. The van der Waals surface area contributed by atoms with Crippen LogP contribution in [0.3, 0.4) is 0 Å². The number of hydrogen-bond donors (Lipinski definition) is 1. The van der Waals surface area contributed by atoms with Crippen LogP contribution in [0.1, 0.15) is 51.7 Å². The van der Waals surface area contributed by atoms with Crippen LogP contribution in [0.15, 0.2) is 5.38 Å². The Labute approximate surface area is 103 Å². The van der Waals surface area contributed by atoms with Crippen LogP contribution in [0.25, 0.3) is 0 Å². The molecule has 92 valence electrons. The molecule has 0 radical (unpaired) electrons. The molecule has 0 saturated carbocycles. The van der Waals surface area contributed by atoms with E-state index in [1.807, 2.05) is 0 Å². The second kappa shape index (κ2) is 5.28. The zero-order valence-corrected chi connectivity index (χ0v) is 11.8. The Hall–Kier alpha value is -0.410. The summed E-state index contributed by atoms with van der Waals surface area (Å²) in [5.74, 6) is 0.539. The molecule has 1 heterocycles. The summed E-state index contributed by atoms with van der Waals surface area (Å²) in [6.07, 6.45) is 1.29. The van der Waals surface area contributed by atoms with Crippen molar-refractivity contribution in [3.63, 3.8) is 0 Å². The molecule has 3 heteroatoms. The first-order valence-electron chi connectivity index (χ1n) is 5.92. The summed E-state index contributed by atoms with van der Waals surface area (Å²) in [6, 6.07) is 0. The maximum Gasteiger partial charge on any atom is 0.0954 e. The summed E-state index contributed by atoms with van der Waals surface area (Å²) >= 11 is 1.66. The monoisotopic (exact) mass is 241 g/mol. The summed E-state index contributed by atoms with van der Waals surface area (Å²) in [5, 5.41) is 13.0. The van der Waals surface area contributed by atoms with Crippen LogP contribution in [-0.2, 0) is 11.8 Å². The van der Waals surface area contributed by atoms with Crippen molar-refractivity contribution in [1.29, 1.82) is 0 Å². The average Bonchev–Trinajstić information content (AvgIpc) is 2.49. The van der Waals surface area contributed by atoms with E-state index in [4.69, 9.17) is 0 Å². The van der Waals surface area contributed by atoms with E-state index < -0.39 is 0 Å². The summed E-state index contributed by atoms with van der Waals surface area (Å²) < 4.78 is 0. The lowest BCUT2D eigenvalue weighted by atomic mass is 9.93. The van der Waals surface area contributed by atoms with Crippen molar-refractivity contribution in [2.75, 3.05) is 0 Å². The SMILES string of the molecule is CC(C)CC(O)Cc1nc(C(C)(C)C)cs1. The smallest absolute Gasteiger partial charge is 0.0954 e. The third-order valence-electron chi connectivity index (χ3n) is 2.47. The van der Waals surface area contributed by atoms with Crippen LogP contribution >= 0.6 is 11.3 Å². The number of aromatic nitrogens is 1. The predicted octanol–water partition coefficient (Wildman–Crippen LogP) is 3.39. The van der Waals surface area contributed by atoms with Crippen LogP contribution in [0.2, 0.25) is 0 Å². The molecule has 1 aromatic rings. The van der Waals surface area contributed by atoms with Crippen molar-refractivity contribution in [3.8, 4) is 0 Å². The predicted molar refractivity (Wildman–Crippen MR) is 70.0 cm³/mol. The number of aliphatic hydroxyl groups excluding tert-OH is 1. The first-order chi connectivity index (χ1) is 7.29. The van der Waals surface area contributed by atoms with Crippen LogP contribution in [-0.4, -0.2) is 16.2 Å². The highest BCUT2D eigenvalue weighted by Crippen LogP contribution is 2.24. The number of aliphatic hydroxyl groups is 1. The number of hydrogen-bond acceptors (Lipinski definition) is 3. The highest BCUT2D eigenvalue weighted by molar-refractivity contribution is 7.09. The lowest BCUT2D eigenvalue weighted by molar-refractivity contribution is 0.149. The third kappa shape index (κ3) is 4.22. The Bertz CT molecular complexity index is 325. The van der Waals surface area contributed by atoms with Gasteiger partial charge in [-0.1, -0.05) is 34.6 Å². The fraction of sp³-hybridized carbons (Fsp3) is 0.769. The molecule has 1 rings (SSSR count). The molecule has 16 heavy (non-hydrogen) atoms. The van der Waals surface area contributed by atoms with Crippen LogP contribution < -0.4 is 0 Å². The number of thiazole rings is 1. The van der Waals surface area contributed by atoms with Gasteiger partial charge in [-0.2, -0.15) is 0 Å². The van der Waals surface area contributed by atoms with Gasteiger partial charge in [-0.25, -0.2) is 4.98 Å². The number of nitrogens with zero attached hydrogens (tertiary/aromatic N) is 1. The molecule has 1 aromatic heterocycles. The van der Waals surface area contributed by atoms with Gasteiger partial charge in [0.1, 0.15) is 0 Å². The lowest BCUT2D eigenvalue weighted by Crippen LogP contribution is -2.15. The molecule has 0 fully saturated rings. The Balaban J connectivity index is 2.59. The van der Waals surface area contributed by atoms with Gasteiger partial charge in [-0.05, 0) is 12.3 Å². The highest BCUT2D eigenvalue weighted by atomic mass is 32.1. The van der Waals surface area contributed by atoms with E-state index in [0.717, 1.165) is 17.1 Å². The molecule has 1 N–H and O–H groups in total. The molecule has 0 spiro atoms. The fourth-order valence-electron chi connectivity index (χ4n) is 1.58. The lowest BCUT2D eigenvalue weighted by Gasteiger charge is -2.14. The molecule has 0 aliphatic heterocycles. The summed E-state index contributed by atoms with van der Waals surface area (Å²) in [7, 11) is 0. The Morgan fingerprint density at radius 3 is 2.44 bits per heavy atom. The van der Waals surface area contributed by atoms with Gasteiger partial charge in [0.05, 0.1) is 16.8 Å². The van der Waals surface area contributed by atoms with Gasteiger partial charge in [0.15, 0.2) is 0 Å². The van der Waals surface area contributed by atoms with Crippen molar-refractivity contribution < 1.29 is 5.11 Å². The van der Waals surface area contributed by atoms with E-state index in [9.17, 15) is 5.11 Å². The van der Waals surface area contributed by atoms with E-state index in [0.29, 0.717) is 12.3 Å². The standard InChI is InChI=1S/C13H23NOS/c1-9(2)6-10(15)7-12-14-11(8-16-12)13(3,4)5/h8-10,15H,6-7H2,1-5H3. The molecule has 0 aliphatic rings. The van der Waals surface area contributed by atoms with Crippen LogP contribution in [0.5, 0.6) is 0 Å². The van der Waals surface area contributed by atoms with Gasteiger partial charge in [0.25, 0.3) is 0 Å². The van der Waals surface area contributed by atoms with Gasteiger partial charge < -0.3 is 5.11 Å². The second-order valence-corrected chi connectivity index (χ2v) is 6.81. The molecular formula is C13H23NOS. The molecule has 1 unspecified atom stereocenters. The largest absolute Gasteiger partial charge is 0.393 e. The van der Waals surface area contributed by atoms with E-state index in [2.05, 4.69) is 45.0 Å². The Morgan fingerprint density at radius 2 is 2.00 bits per heavy atom. The van der Waals surface area contributed by atoms with E-state index in [1.165, 1.54) is 0 Å². The average molecular weight is 241 g/mol. The zero-order chi connectivity index (χ0) is 12.3. The first kappa shape index (κ1) is 13.7. The van der Waals surface area contributed by atoms with E-state index in [-0.39, 0.29) is 11.5 Å². The molecule has 0 saturated heterocycles. The fourth-order valence-corrected chi connectivity index (χ4v) is 2.67. The molecule has 0 amide bonds. The molecule has 0 aromatic carbocycles. The normalized spacial score (nSPS) is 14.4. The molecular weight excluding hydrogens is 218 g/mol. The number of rotatable bonds is 4. The maximum absolute atomic E-state index is 9.85. The molecule has 1 atom stereocenters. The zero-order valence-electron chi connectivity index (χ0n) is 10.9. The minimum Gasteiger partial charge on any atom is -0.393 e. The molecule has 0 bridgehead atoms. The van der Waals surface area contributed by atoms with Gasteiger partial charge >= 0.3 is 0 Å². The minimum atomic E-state index is -0.251. The van der Waals surface area contributed by atoms with Crippen LogP contribution in [0, 0.1) is 5.92 Å². The van der Waals surface area contributed by atoms with Crippen LogP contribution in [0.4, 0.5) is 0 Å². The minimum absolute atomic E-state index is 0.109. The van der Waals surface area contributed by atoms with Crippen molar-refractivity contribution in [1.82, 2.24) is 4.98 Å². The Kier molecular flexibility index (Phi) is 4.51. The van der Waals surface area contributed by atoms with Crippen molar-refractivity contribution in [2.45, 2.75) is 59.0 Å². The van der Waals surface area contributed by atoms with Gasteiger partial charge in [-0.15, -0.1) is 11.3 Å². The molecule has 2 nitrogen and oxygen atoms in total. The summed E-state index contributed by atoms with van der Waals surface area (Å²) in [4.78, 5) is 4.59. The first-order valence-corrected chi connectivity index (χ1v) is 6.80. The second-order valence-electron chi connectivity index (χ2n) is 5.86. The highest BCUT2D eigenvalue weighted by Gasteiger charge is 2.18. The summed E-state index contributed by atoms with van der Waals surface area (Å²) in [5.41, 5.74) is 1.24. The third-order valence-corrected chi connectivity index (χ3v) is 3.35. The Morgan fingerprint density at radius 1 is 1.38 bits per heavy atom. The van der Waals surface area contributed by atoms with Gasteiger partial charge in [0.2, 0.25) is 0 Å². The van der Waals surface area contributed by atoms with Crippen molar-refractivity contribution in [3.05, 3.63) is 16.1 Å². The van der Waals surface area contributed by atoms with Crippen molar-refractivity contribution >= 4 is 11.3 Å².